The molecular weight excluding hydrogens is 467 g/mol. The van der Waals surface area contributed by atoms with Gasteiger partial charge in [-0.2, -0.15) is 4.99 Å². The number of amides is 1. The maximum Gasteiger partial charge on any atom is 0.326 e. The molecular formula is C23H25FN2O5S2. The highest BCUT2D eigenvalue weighted by molar-refractivity contribution is 7.91. The molecule has 10 heteroatoms. The Hall–Kier alpha value is -2.85. The van der Waals surface area contributed by atoms with Gasteiger partial charge in [-0.15, -0.1) is 0 Å². The van der Waals surface area contributed by atoms with Crippen LogP contribution < -0.4 is 4.80 Å². The summed E-state index contributed by atoms with van der Waals surface area (Å²) in [6.07, 6.45) is 0.846. The number of thiazole rings is 1. The number of aryl methyl sites for hydroxylation is 1. The number of carbonyl (C=O) groups is 2. The lowest BCUT2D eigenvalue weighted by molar-refractivity contribution is -0.143. The second-order valence-electron chi connectivity index (χ2n) is 7.31. The quantitative estimate of drug-likeness (QED) is 0.336. The topological polar surface area (TPSA) is 94.8 Å². The molecule has 0 bridgehead atoms. The number of aromatic nitrogens is 1. The van der Waals surface area contributed by atoms with Crippen molar-refractivity contribution in [3.05, 3.63) is 58.6 Å². The summed E-state index contributed by atoms with van der Waals surface area (Å²) in [5.74, 6) is -1.69. The minimum Gasteiger partial charge on any atom is -0.465 e. The van der Waals surface area contributed by atoms with Crippen LogP contribution >= 0.6 is 11.3 Å². The largest absolute Gasteiger partial charge is 0.465 e. The summed E-state index contributed by atoms with van der Waals surface area (Å²) in [7, 11) is -3.63. The first-order valence-electron chi connectivity index (χ1n) is 10.6. The van der Waals surface area contributed by atoms with Crippen molar-refractivity contribution in [1.29, 1.82) is 0 Å². The molecule has 0 N–H and O–H groups in total. The predicted molar refractivity (Wildman–Crippen MR) is 124 cm³/mol. The van der Waals surface area contributed by atoms with E-state index in [1.54, 1.807) is 11.5 Å². The molecule has 1 heterocycles. The normalized spacial score (nSPS) is 12.3. The number of hydrogen-bond acceptors (Lipinski definition) is 6. The Kier molecular flexibility index (Phi) is 8.15. The van der Waals surface area contributed by atoms with Crippen LogP contribution in [0, 0.1) is 5.82 Å². The highest BCUT2D eigenvalue weighted by Gasteiger charge is 2.16. The van der Waals surface area contributed by atoms with E-state index in [1.165, 1.54) is 23.5 Å². The molecule has 0 fully saturated rings. The Morgan fingerprint density at radius 3 is 2.52 bits per heavy atom. The van der Waals surface area contributed by atoms with Gasteiger partial charge in [0.15, 0.2) is 14.6 Å². The van der Waals surface area contributed by atoms with E-state index in [1.807, 2.05) is 25.1 Å². The zero-order chi connectivity index (χ0) is 24.0. The SMILES string of the molecule is CCOC(=O)Cn1c(=NC(=O)CCCS(=O)(=O)c2ccc(F)cc2)sc2cc(CC)ccc21. The molecule has 33 heavy (non-hydrogen) atoms. The number of fused-ring (bicyclic) bond motifs is 1. The van der Waals surface area contributed by atoms with Gasteiger partial charge in [0, 0.05) is 6.42 Å². The minimum absolute atomic E-state index is 0.0109. The second kappa shape index (κ2) is 10.8. The zero-order valence-electron chi connectivity index (χ0n) is 18.4. The summed E-state index contributed by atoms with van der Waals surface area (Å²) in [6.45, 7) is 3.92. The van der Waals surface area contributed by atoms with Crippen LogP contribution in [0.1, 0.15) is 32.3 Å². The molecule has 0 spiro atoms. The average molecular weight is 493 g/mol. The van der Waals surface area contributed by atoms with Gasteiger partial charge in [0.05, 0.1) is 27.5 Å². The molecule has 0 aliphatic heterocycles. The number of carbonyl (C=O) groups excluding carboxylic acids is 2. The first kappa shape index (κ1) is 24.8. The number of hydrogen-bond donors (Lipinski definition) is 0. The van der Waals surface area contributed by atoms with Crippen molar-refractivity contribution in [2.45, 2.75) is 44.6 Å². The van der Waals surface area contributed by atoms with Crippen molar-refractivity contribution >= 4 is 43.3 Å². The lowest BCUT2D eigenvalue weighted by Gasteiger charge is -2.06. The third-order valence-electron chi connectivity index (χ3n) is 4.94. The van der Waals surface area contributed by atoms with E-state index in [-0.39, 0.29) is 36.6 Å². The zero-order valence-corrected chi connectivity index (χ0v) is 20.0. The molecule has 1 aromatic heterocycles. The van der Waals surface area contributed by atoms with Gasteiger partial charge in [-0.1, -0.05) is 24.3 Å². The van der Waals surface area contributed by atoms with Crippen LogP contribution in [0.3, 0.4) is 0 Å². The molecule has 3 rings (SSSR count). The molecule has 7 nitrogen and oxygen atoms in total. The van der Waals surface area contributed by atoms with E-state index in [2.05, 4.69) is 4.99 Å². The van der Waals surface area contributed by atoms with Crippen LogP contribution in [0.25, 0.3) is 10.2 Å². The van der Waals surface area contributed by atoms with E-state index < -0.39 is 27.5 Å². The van der Waals surface area contributed by atoms with E-state index in [0.717, 1.165) is 34.3 Å². The van der Waals surface area contributed by atoms with Crippen molar-refractivity contribution in [3.63, 3.8) is 0 Å². The van der Waals surface area contributed by atoms with Gasteiger partial charge in [0.25, 0.3) is 0 Å². The van der Waals surface area contributed by atoms with Crippen LogP contribution in [0.5, 0.6) is 0 Å². The van der Waals surface area contributed by atoms with Crippen LogP contribution in [0.2, 0.25) is 0 Å². The fourth-order valence-corrected chi connectivity index (χ4v) is 5.67. The molecule has 0 aliphatic rings. The smallest absolute Gasteiger partial charge is 0.326 e. The number of nitrogens with zero attached hydrogens (tertiary/aromatic N) is 2. The molecule has 1 amide bonds. The Labute approximate surface area is 195 Å². The van der Waals surface area contributed by atoms with Gasteiger partial charge in [0.1, 0.15) is 12.4 Å². The third kappa shape index (κ3) is 6.35. The minimum atomic E-state index is -3.63. The van der Waals surface area contributed by atoms with Crippen molar-refractivity contribution in [1.82, 2.24) is 4.57 Å². The maximum atomic E-state index is 13.0. The molecule has 0 atom stereocenters. The monoisotopic (exact) mass is 492 g/mol. The first-order chi connectivity index (χ1) is 15.7. The maximum absolute atomic E-state index is 13.0. The number of esters is 1. The van der Waals surface area contributed by atoms with E-state index in [9.17, 15) is 22.4 Å². The fraction of sp³-hybridized carbons (Fsp3) is 0.348. The van der Waals surface area contributed by atoms with Crippen LogP contribution in [0.4, 0.5) is 4.39 Å². The highest BCUT2D eigenvalue weighted by Crippen LogP contribution is 2.20. The summed E-state index contributed by atoms with van der Waals surface area (Å²) < 4.78 is 45.4. The van der Waals surface area contributed by atoms with Crippen LogP contribution in [-0.4, -0.2) is 37.2 Å². The predicted octanol–water partition coefficient (Wildman–Crippen LogP) is 3.65. The van der Waals surface area contributed by atoms with Crippen molar-refractivity contribution in [2.24, 2.45) is 4.99 Å². The molecule has 0 aliphatic carbocycles. The Morgan fingerprint density at radius 2 is 1.85 bits per heavy atom. The number of rotatable bonds is 9. The number of ether oxygens (including phenoxy) is 1. The number of halogens is 1. The molecule has 176 valence electrons. The summed E-state index contributed by atoms with van der Waals surface area (Å²) >= 11 is 1.29. The first-order valence-corrected chi connectivity index (χ1v) is 13.0. The number of benzene rings is 2. The molecule has 0 radical (unpaired) electrons. The van der Waals surface area contributed by atoms with Gasteiger partial charge in [0.2, 0.25) is 5.91 Å². The third-order valence-corrected chi connectivity index (χ3v) is 7.80. The standard InChI is InChI=1S/C23H25FN2O5S2/c1-3-16-7-12-19-20(14-16)32-23(26(19)15-22(28)31-4-2)25-21(27)6-5-13-33(29,30)18-10-8-17(24)9-11-18/h7-12,14H,3-6,13,15H2,1-2H3. The Morgan fingerprint density at radius 1 is 1.12 bits per heavy atom. The van der Waals surface area contributed by atoms with Crippen LogP contribution in [0.15, 0.2) is 52.4 Å². The average Bonchev–Trinajstić information content (AvgIpc) is 3.09. The summed E-state index contributed by atoms with van der Waals surface area (Å²) in [5, 5.41) is 0. The van der Waals surface area contributed by atoms with Crippen molar-refractivity contribution in [2.75, 3.05) is 12.4 Å². The molecule has 2 aromatic carbocycles. The molecule has 0 saturated heterocycles. The molecule has 0 saturated carbocycles. The lowest BCUT2D eigenvalue weighted by atomic mass is 10.2. The van der Waals surface area contributed by atoms with Gasteiger partial charge in [-0.25, -0.2) is 12.8 Å². The summed E-state index contributed by atoms with van der Waals surface area (Å²) in [4.78, 5) is 29.1. The van der Waals surface area contributed by atoms with Crippen molar-refractivity contribution < 1.29 is 27.1 Å². The van der Waals surface area contributed by atoms with E-state index in [4.69, 9.17) is 4.74 Å². The van der Waals surface area contributed by atoms with Gasteiger partial charge < -0.3 is 9.30 Å². The van der Waals surface area contributed by atoms with Crippen LogP contribution in [-0.2, 0) is 37.1 Å². The van der Waals surface area contributed by atoms with E-state index in [0.29, 0.717) is 4.80 Å². The summed E-state index contributed by atoms with van der Waals surface area (Å²) in [6, 6.07) is 10.4. The van der Waals surface area contributed by atoms with Gasteiger partial charge in [-0.05, 0) is 61.7 Å². The van der Waals surface area contributed by atoms with Gasteiger partial charge in [-0.3, -0.25) is 9.59 Å². The van der Waals surface area contributed by atoms with Crippen molar-refractivity contribution in [3.8, 4) is 0 Å². The Bertz CT molecular complexity index is 1330. The molecule has 3 aromatic rings. The lowest BCUT2D eigenvalue weighted by Crippen LogP contribution is -2.23. The Balaban J connectivity index is 1.79. The molecule has 0 unspecified atom stereocenters. The second-order valence-corrected chi connectivity index (χ2v) is 10.4. The number of sulfone groups is 1. The summed E-state index contributed by atoms with van der Waals surface area (Å²) in [5.41, 5.74) is 1.90. The van der Waals surface area contributed by atoms with E-state index >= 15 is 0 Å². The highest BCUT2D eigenvalue weighted by atomic mass is 32.2. The van der Waals surface area contributed by atoms with Gasteiger partial charge >= 0.3 is 5.97 Å². The fourth-order valence-electron chi connectivity index (χ4n) is 3.25.